The van der Waals surface area contributed by atoms with Crippen molar-refractivity contribution in [1.29, 1.82) is 31.6 Å². The average molecular weight is 558 g/mol. The van der Waals surface area contributed by atoms with Gasteiger partial charge in [-0.1, -0.05) is 46.7 Å². The number of benzene rings is 1. The minimum Gasteiger partial charge on any atom is -0.480 e. The van der Waals surface area contributed by atoms with Crippen LogP contribution in [-0.2, 0) is 4.74 Å². The molecule has 0 saturated heterocycles. The lowest BCUT2D eigenvalue weighted by molar-refractivity contribution is -0.385. The van der Waals surface area contributed by atoms with Gasteiger partial charge in [0.05, 0.1) is 16.1 Å². The molecule has 2 aliphatic rings. The zero-order chi connectivity index (χ0) is 30.5. The predicted octanol–water partition coefficient (Wildman–Crippen LogP) is 6.14. The maximum atomic E-state index is 11.9. The summed E-state index contributed by atoms with van der Waals surface area (Å²) in [7, 11) is 0.0314. The zero-order valence-electron chi connectivity index (χ0n) is 22.4. The van der Waals surface area contributed by atoms with E-state index in [1.165, 1.54) is 24.3 Å². The lowest BCUT2D eigenvalue weighted by Gasteiger charge is -2.20. The van der Waals surface area contributed by atoms with Crippen LogP contribution in [0.15, 0.2) is 74.9 Å². The number of hydrogen-bond acceptors (Lipinski definition) is 9. The van der Waals surface area contributed by atoms with Crippen LogP contribution in [0.5, 0.6) is 0 Å². The molecule has 1 atom stereocenters. The van der Waals surface area contributed by atoms with Crippen molar-refractivity contribution in [2.24, 2.45) is 0 Å². The van der Waals surface area contributed by atoms with E-state index in [2.05, 4.69) is 6.07 Å². The van der Waals surface area contributed by atoms with E-state index in [1.807, 2.05) is 32.1 Å². The summed E-state index contributed by atoms with van der Waals surface area (Å²) in [6.07, 6.45) is 6.27. The first-order chi connectivity index (χ1) is 19.4. The van der Waals surface area contributed by atoms with Crippen LogP contribution < -0.4 is 0 Å². The zero-order valence-corrected chi connectivity index (χ0v) is 23.4. The van der Waals surface area contributed by atoms with E-state index in [4.69, 9.17) is 4.74 Å². The Hall–Kier alpha value is -5.77. The third-order valence-electron chi connectivity index (χ3n) is 6.40. The molecule has 1 unspecified atom stereocenters. The maximum absolute atomic E-state index is 11.9. The van der Waals surface area contributed by atoms with E-state index in [-0.39, 0.29) is 47.9 Å². The second-order valence-electron chi connectivity index (χ2n) is 9.81. The fourth-order valence-corrected chi connectivity index (χ4v) is 5.94. The van der Waals surface area contributed by atoms with Crippen molar-refractivity contribution in [2.75, 3.05) is 0 Å². The lowest BCUT2D eigenvalue weighted by Crippen LogP contribution is -2.20. The highest BCUT2D eigenvalue weighted by Gasteiger charge is 2.39. The number of hydrogen-bond donors (Lipinski definition) is 0. The maximum Gasteiger partial charge on any atom is 0.277 e. The molecule has 198 valence electrons. The van der Waals surface area contributed by atoms with E-state index >= 15 is 0 Å². The van der Waals surface area contributed by atoms with Gasteiger partial charge in [0.15, 0.2) is 11.3 Å². The lowest BCUT2D eigenvalue weighted by atomic mass is 9.93. The monoisotopic (exact) mass is 557 g/mol. The number of allylic oxidation sites excluding steroid dienone is 7. The Bertz CT molecular complexity index is 1800. The Morgan fingerprint density at radius 2 is 1.44 bits per heavy atom. The van der Waals surface area contributed by atoms with Crippen molar-refractivity contribution in [3.05, 3.63) is 96.1 Å². The van der Waals surface area contributed by atoms with E-state index in [0.717, 1.165) is 0 Å². The molecule has 0 saturated carbocycles. The predicted molar refractivity (Wildman–Crippen MR) is 151 cm³/mol. The summed E-state index contributed by atoms with van der Waals surface area (Å²) in [6.45, 7) is 7.09. The average Bonchev–Trinajstić information content (AvgIpc) is 3.34. The third kappa shape index (κ3) is 5.66. The van der Waals surface area contributed by atoms with Crippen LogP contribution in [0, 0.1) is 78.1 Å². The number of rotatable bonds is 5. The number of nitriles is 6. The van der Waals surface area contributed by atoms with Gasteiger partial charge in [-0.3, -0.25) is 10.1 Å². The van der Waals surface area contributed by atoms with E-state index in [0.29, 0.717) is 22.0 Å². The molecule has 3 rings (SSSR count). The minimum atomic E-state index is -1.07. The summed E-state index contributed by atoms with van der Waals surface area (Å²) in [5, 5.41) is 68.4. The van der Waals surface area contributed by atoms with Crippen LogP contribution in [0.1, 0.15) is 38.8 Å². The standard InChI is InChI=1S/C30H20N7O3P/c1-29(2)24(22(16-35)27(40-29)20(12-31)13-32)10-8-19-7-5-18(11-26(19)37(38)39)6-9-25-23(17-36)28(21(14-33)15-34)41-30(25,3)4/h5-11,41H,1-4H3/b9-6+,10-8+. The highest BCUT2D eigenvalue weighted by molar-refractivity contribution is 7.46. The van der Waals surface area contributed by atoms with Gasteiger partial charge in [0, 0.05) is 22.1 Å². The molecule has 41 heavy (non-hydrogen) atoms. The fourth-order valence-electron chi connectivity index (χ4n) is 4.42. The third-order valence-corrected chi connectivity index (χ3v) is 8.05. The van der Waals surface area contributed by atoms with E-state index < -0.39 is 15.7 Å². The van der Waals surface area contributed by atoms with Gasteiger partial charge < -0.3 is 4.74 Å². The number of nitro benzene ring substituents is 1. The van der Waals surface area contributed by atoms with Crippen molar-refractivity contribution < 1.29 is 9.66 Å². The first-order valence-corrected chi connectivity index (χ1v) is 12.9. The molecule has 0 aromatic heterocycles. The Kier molecular flexibility index (Phi) is 8.38. The van der Waals surface area contributed by atoms with Gasteiger partial charge in [-0.25, -0.2) is 0 Å². The molecule has 0 amide bonds. The highest BCUT2D eigenvalue weighted by Crippen LogP contribution is 2.56. The summed E-state index contributed by atoms with van der Waals surface area (Å²) in [4.78, 5) is 11.4. The van der Waals surface area contributed by atoms with Crippen LogP contribution >= 0.6 is 8.58 Å². The Morgan fingerprint density at radius 1 is 0.854 bits per heavy atom. The summed E-state index contributed by atoms with van der Waals surface area (Å²) >= 11 is 0. The highest BCUT2D eigenvalue weighted by atomic mass is 31.1. The molecule has 1 aromatic rings. The minimum absolute atomic E-state index is 0.00242. The normalized spacial score (nSPS) is 17.4. The second-order valence-corrected chi connectivity index (χ2v) is 11.8. The Morgan fingerprint density at radius 3 is 1.98 bits per heavy atom. The topological polar surface area (TPSA) is 195 Å². The first-order valence-electron chi connectivity index (χ1n) is 11.9. The molecule has 0 spiro atoms. The molecular formula is C30H20N7O3P. The molecule has 2 aliphatic heterocycles. The molecular weight excluding hydrogens is 537 g/mol. The van der Waals surface area contributed by atoms with Crippen molar-refractivity contribution in [3.8, 4) is 36.4 Å². The van der Waals surface area contributed by atoms with Crippen LogP contribution in [0.4, 0.5) is 5.69 Å². The van der Waals surface area contributed by atoms with Crippen LogP contribution in [0.25, 0.3) is 12.2 Å². The molecule has 0 N–H and O–H groups in total. The van der Waals surface area contributed by atoms with Crippen molar-refractivity contribution in [2.45, 2.75) is 38.5 Å². The second kappa shape index (κ2) is 11.5. The Balaban J connectivity index is 2.08. The summed E-state index contributed by atoms with van der Waals surface area (Å²) in [5.74, 6) is -0.131. The largest absolute Gasteiger partial charge is 0.480 e. The number of ether oxygens (including phenoxy) is 1. The summed E-state index contributed by atoms with van der Waals surface area (Å²) < 4.78 is 5.72. The van der Waals surface area contributed by atoms with Gasteiger partial charge in [0.2, 0.25) is 0 Å². The molecule has 10 nitrogen and oxygen atoms in total. The van der Waals surface area contributed by atoms with Gasteiger partial charge in [0.1, 0.15) is 53.2 Å². The molecule has 0 radical (unpaired) electrons. The SMILES string of the molecule is CC1(C)OC(=C(C#N)C#N)C(C#N)=C1/C=C/c1ccc(/C=C/C2=C(C#N)C(=C(C#N)C#N)PC2(C)C)cc1[N+](=O)[O-]. The van der Waals surface area contributed by atoms with Crippen LogP contribution in [0.2, 0.25) is 0 Å². The van der Waals surface area contributed by atoms with Crippen LogP contribution in [-0.4, -0.2) is 15.7 Å². The molecule has 11 heteroatoms. The summed E-state index contributed by atoms with van der Waals surface area (Å²) in [5.41, 5.74) is 0.213. The molecule has 1 aromatic carbocycles. The smallest absolute Gasteiger partial charge is 0.277 e. The number of nitro groups is 1. The van der Waals surface area contributed by atoms with Crippen molar-refractivity contribution in [3.63, 3.8) is 0 Å². The number of nitrogens with zero attached hydrogens (tertiary/aromatic N) is 7. The quantitative estimate of drug-likeness (QED) is 0.177. The first kappa shape index (κ1) is 29.8. The van der Waals surface area contributed by atoms with Gasteiger partial charge in [-0.15, -0.1) is 0 Å². The Labute approximate surface area is 238 Å². The molecule has 0 bridgehead atoms. The van der Waals surface area contributed by atoms with Gasteiger partial charge in [0.25, 0.3) is 5.69 Å². The van der Waals surface area contributed by atoms with E-state index in [1.54, 1.807) is 44.2 Å². The van der Waals surface area contributed by atoms with Crippen molar-refractivity contribution in [1.82, 2.24) is 0 Å². The summed E-state index contributed by atoms with van der Waals surface area (Å²) in [6, 6.07) is 15.7. The van der Waals surface area contributed by atoms with Crippen LogP contribution in [0.3, 0.4) is 0 Å². The van der Waals surface area contributed by atoms with Gasteiger partial charge >= 0.3 is 0 Å². The molecule has 0 fully saturated rings. The van der Waals surface area contributed by atoms with Gasteiger partial charge in [-0.05, 0) is 37.1 Å². The molecule has 2 heterocycles. The van der Waals surface area contributed by atoms with Crippen molar-refractivity contribution >= 4 is 26.4 Å². The molecule has 0 aliphatic carbocycles. The fraction of sp³-hybridized carbons (Fsp3) is 0.200. The van der Waals surface area contributed by atoms with E-state index in [9.17, 15) is 41.7 Å². The van der Waals surface area contributed by atoms with Gasteiger partial charge in [-0.2, -0.15) is 31.6 Å².